The number of benzene rings is 7. The third-order valence-electron chi connectivity index (χ3n) is 14.2. The van der Waals surface area contributed by atoms with E-state index in [2.05, 4.69) is 119 Å². The summed E-state index contributed by atoms with van der Waals surface area (Å²) in [4.78, 5) is 40.0. The minimum atomic E-state index is -1.37. The Kier molecular flexibility index (Phi) is 23.2. The van der Waals surface area contributed by atoms with Crippen molar-refractivity contribution >= 4 is 126 Å². The zero-order chi connectivity index (χ0) is 63.7. The molecule has 0 bridgehead atoms. The van der Waals surface area contributed by atoms with Crippen LogP contribution in [0, 0.1) is 0 Å². The van der Waals surface area contributed by atoms with Gasteiger partial charge in [0.05, 0.1) is 89.2 Å². The van der Waals surface area contributed by atoms with Gasteiger partial charge in [0.25, 0.3) is 17.7 Å². The molecule has 3 aliphatic heterocycles. The van der Waals surface area contributed by atoms with E-state index in [-0.39, 0.29) is 58.7 Å². The van der Waals surface area contributed by atoms with Crippen molar-refractivity contribution in [1.29, 1.82) is 0 Å². The molecule has 0 saturated heterocycles. The number of anilines is 1. The van der Waals surface area contributed by atoms with E-state index in [4.69, 9.17) is 34.8 Å². The summed E-state index contributed by atoms with van der Waals surface area (Å²) in [7, 11) is -2.39. The maximum atomic E-state index is 13.3. The highest BCUT2D eigenvalue weighted by atomic mass is 35.5. The zero-order valence-corrected chi connectivity index (χ0v) is 55.4. The molecule has 0 radical (unpaired) electrons. The van der Waals surface area contributed by atoms with Crippen LogP contribution in [0.15, 0.2) is 223 Å². The molecule has 0 aliphatic carbocycles. The predicted octanol–water partition coefficient (Wildman–Crippen LogP) is 15.8. The fraction of sp³-hybridized carbons (Fsp3) is 0.239. The van der Waals surface area contributed by atoms with Crippen LogP contribution in [0.25, 0.3) is 18.2 Å². The lowest BCUT2D eigenvalue weighted by Gasteiger charge is -2.18. The summed E-state index contributed by atoms with van der Waals surface area (Å²) in [5.74, 6) is -0.247. The van der Waals surface area contributed by atoms with Crippen LogP contribution in [0.3, 0.4) is 0 Å². The monoisotopic (exact) mass is 1310 g/mol. The van der Waals surface area contributed by atoms with Gasteiger partial charge in [-0.1, -0.05) is 196 Å². The maximum absolute atomic E-state index is 13.3. The highest BCUT2D eigenvalue weighted by molar-refractivity contribution is 7.86. The number of amides is 3. The van der Waals surface area contributed by atoms with Crippen LogP contribution in [0.5, 0.6) is 0 Å². The normalized spacial score (nSPS) is 16.6. The van der Waals surface area contributed by atoms with Crippen molar-refractivity contribution in [1.82, 2.24) is 10.4 Å². The molecule has 18 heteroatoms. The van der Waals surface area contributed by atoms with Crippen LogP contribution in [0.2, 0.25) is 15.1 Å². The minimum absolute atomic E-state index is 0. The number of para-hydroxylation sites is 1. The molecule has 3 atom stereocenters. The minimum Gasteiger partial charge on any atom is -0.267 e. The molecule has 10 rings (SSSR count). The molecule has 0 spiro atoms. The van der Waals surface area contributed by atoms with Gasteiger partial charge in [-0.25, -0.2) is 10.4 Å². The lowest BCUT2D eigenvalue weighted by Crippen LogP contribution is -2.21. The van der Waals surface area contributed by atoms with Crippen LogP contribution in [0.1, 0.15) is 103 Å². The van der Waals surface area contributed by atoms with Gasteiger partial charge in [0.2, 0.25) is 0 Å². The number of likely N-dealkylation sites (N-methyl/N-ethyl adjacent to an activating group) is 1. The second-order valence-corrected chi connectivity index (χ2v) is 29.7. The van der Waals surface area contributed by atoms with E-state index in [1.165, 1.54) is 26.7 Å². The third kappa shape index (κ3) is 18.6. The van der Waals surface area contributed by atoms with Crippen molar-refractivity contribution in [3.8, 4) is 0 Å². The summed E-state index contributed by atoms with van der Waals surface area (Å²) in [6.07, 6.45) is 5.43. The molecule has 3 amide bonds. The van der Waals surface area contributed by atoms with Crippen molar-refractivity contribution in [3.05, 3.63) is 241 Å². The van der Waals surface area contributed by atoms with E-state index in [0.29, 0.717) is 69.3 Å². The lowest BCUT2D eigenvalue weighted by atomic mass is 9.86. The summed E-state index contributed by atoms with van der Waals surface area (Å²) < 4.78 is 38.3. The van der Waals surface area contributed by atoms with Gasteiger partial charge in [-0.3, -0.25) is 27.0 Å². The number of carbonyl (C=O) groups excluding carboxylic acids is 3. The van der Waals surface area contributed by atoms with Crippen molar-refractivity contribution in [2.45, 2.75) is 101 Å². The van der Waals surface area contributed by atoms with E-state index < -0.39 is 32.4 Å². The van der Waals surface area contributed by atoms with E-state index in [1.807, 2.05) is 78.9 Å². The van der Waals surface area contributed by atoms with Crippen molar-refractivity contribution in [2.75, 3.05) is 29.3 Å². The van der Waals surface area contributed by atoms with Gasteiger partial charge in [-0.15, -0.1) is 0 Å². The molecular formula is C71H73Cl3N6O6S3. The van der Waals surface area contributed by atoms with Gasteiger partial charge in [0, 0.05) is 36.8 Å². The van der Waals surface area contributed by atoms with Crippen molar-refractivity contribution in [2.24, 2.45) is 15.3 Å². The first-order valence-electron chi connectivity index (χ1n) is 28.2. The van der Waals surface area contributed by atoms with Crippen LogP contribution in [-0.4, -0.2) is 76.8 Å². The van der Waals surface area contributed by atoms with E-state index in [9.17, 15) is 27.0 Å². The van der Waals surface area contributed by atoms with E-state index >= 15 is 0 Å². The zero-order valence-electron chi connectivity index (χ0n) is 50.6. The number of nitrogens with one attached hydrogen (secondary N) is 1. The van der Waals surface area contributed by atoms with Gasteiger partial charge in [0.15, 0.2) is 0 Å². The smallest absolute Gasteiger partial charge is 0.267 e. The van der Waals surface area contributed by atoms with Crippen LogP contribution >= 0.6 is 34.8 Å². The lowest BCUT2D eigenvalue weighted by molar-refractivity contribution is -0.124. The van der Waals surface area contributed by atoms with Gasteiger partial charge in [0.1, 0.15) is 0 Å². The summed E-state index contributed by atoms with van der Waals surface area (Å²) in [6, 6.07) is 54.2. The Morgan fingerprint density at radius 3 is 1.11 bits per heavy atom. The predicted molar refractivity (Wildman–Crippen MR) is 371 cm³/mol. The largest absolute Gasteiger partial charge is 0.280 e. The second kappa shape index (κ2) is 29.9. The standard InChI is InChI=1S/C27H25ClN2O2S.C22H23ClN2O2S.C21H21ClN2O2S.CH4/c1-27(2,3)20-11-9-19(10-12-20)17-24-25(18-33(32)23-15-13-21(28)14-16-23)29-30(26(24)31)22-7-5-4-6-8-22;1-22(2,3)16-7-5-15(6-8-16)13-19-20(24-25(4)21(19)26)14-28(27)18-11-9-17(23)10-12-18;1-21(2,3)15-6-4-14(5-7-15)12-18-19(23-24-20(18)25)13-27(26)17-10-8-16(22)9-11-17;/h4-17H,18H2,1-3H3;5-13H,14H2,1-4H3;4-12H,13H2,1-3H3,(H,24,25);1H4. The Morgan fingerprint density at radius 2 is 0.753 bits per heavy atom. The summed E-state index contributed by atoms with van der Waals surface area (Å²) >= 11 is 17.7. The topological polar surface area (TPSA) is 158 Å². The number of nitrogens with zero attached hydrogens (tertiary/aromatic N) is 5. The molecule has 89 heavy (non-hydrogen) atoms. The molecule has 1 N–H and O–H groups in total. The Labute approximate surface area is 545 Å². The Bertz CT molecular complexity index is 3980. The molecule has 0 saturated carbocycles. The van der Waals surface area contributed by atoms with Crippen LogP contribution < -0.4 is 10.4 Å². The van der Waals surface area contributed by atoms with Crippen LogP contribution in [0.4, 0.5) is 5.69 Å². The number of hydrazone groups is 3. The number of hydrogen-bond acceptors (Lipinski definition) is 9. The number of carbonyl (C=O) groups is 3. The average molecular weight is 1310 g/mol. The molecular weight excluding hydrogens is 1240 g/mol. The first-order valence-corrected chi connectivity index (χ1v) is 33.3. The number of rotatable bonds is 13. The molecule has 3 unspecified atom stereocenters. The first-order chi connectivity index (χ1) is 41.6. The molecule has 7 aromatic rings. The fourth-order valence-corrected chi connectivity index (χ4v) is 12.6. The number of hydrogen-bond donors (Lipinski definition) is 1. The van der Waals surface area contributed by atoms with Gasteiger partial charge in [-0.05, 0) is 153 Å². The van der Waals surface area contributed by atoms with Crippen LogP contribution in [-0.2, 0) is 63.0 Å². The summed E-state index contributed by atoms with van der Waals surface area (Å²) in [6.45, 7) is 19.4. The van der Waals surface area contributed by atoms with Crippen molar-refractivity contribution in [3.63, 3.8) is 0 Å². The molecule has 0 aromatic heterocycles. The van der Waals surface area contributed by atoms with Gasteiger partial charge < -0.3 is 0 Å². The molecule has 462 valence electrons. The highest BCUT2D eigenvalue weighted by Gasteiger charge is 2.33. The maximum Gasteiger partial charge on any atom is 0.280 e. The molecule has 7 aromatic carbocycles. The molecule has 0 fully saturated rings. The Morgan fingerprint density at radius 1 is 0.427 bits per heavy atom. The highest BCUT2D eigenvalue weighted by Crippen LogP contribution is 2.30. The Balaban J connectivity index is 0.000000190. The van der Waals surface area contributed by atoms with E-state index in [0.717, 1.165) is 16.7 Å². The number of halogens is 3. The molecule has 12 nitrogen and oxygen atoms in total. The quantitative estimate of drug-likeness (QED) is 0.113. The molecule has 3 aliphatic rings. The van der Waals surface area contributed by atoms with Gasteiger partial charge >= 0.3 is 0 Å². The summed E-state index contributed by atoms with van der Waals surface area (Å²) in [5.41, 5.74) is 12.6. The van der Waals surface area contributed by atoms with Crippen molar-refractivity contribution < 1.29 is 27.0 Å². The Hall–Kier alpha value is -7.50. The summed E-state index contributed by atoms with van der Waals surface area (Å²) in [5, 5.41) is 17.4. The third-order valence-corrected chi connectivity index (χ3v) is 19.0. The van der Waals surface area contributed by atoms with Gasteiger partial charge in [-0.2, -0.15) is 20.3 Å². The SMILES string of the molecule is C.CC(C)(C)c1ccc(C=C2C(=O)N(c3ccccc3)N=C2CS(=O)c2ccc(Cl)cc2)cc1.CC(C)(C)c1ccc(C=C2C(=O)NN=C2CS(=O)c2ccc(Cl)cc2)cc1.CN1N=C(CS(=O)c2ccc(Cl)cc2)C(=Cc2ccc(C(C)(C)C)cc2)C1=O. The second-order valence-electron chi connectivity index (χ2n) is 24.0. The fourth-order valence-electron chi connectivity index (χ4n) is 9.03. The average Bonchev–Trinajstić information content (AvgIpc) is 2.68. The van der Waals surface area contributed by atoms with E-state index in [1.54, 1.807) is 85.9 Å². The first kappa shape index (κ1) is 69.0. The molecule has 3 heterocycles.